The van der Waals surface area contributed by atoms with E-state index in [0.717, 1.165) is 15.7 Å². The van der Waals surface area contributed by atoms with Crippen molar-refractivity contribution in [3.8, 4) is 17.1 Å². The van der Waals surface area contributed by atoms with Gasteiger partial charge < -0.3 is 4.74 Å². The number of ether oxygens (including phenoxy) is 1. The predicted octanol–water partition coefficient (Wildman–Crippen LogP) is 2.91. The first-order valence-corrected chi connectivity index (χ1v) is 5.22. The van der Waals surface area contributed by atoms with Crippen LogP contribution in [0.1, 0.15) is 0 Å². The zero-order valence-corrected chi connectivity index (χ0v) is 9.73. The zero-order valence-electron chi connectivity index (χ0n) is 8.14. The predicted molar refractivity (Wildman–Crippen MR) is 61.7 cm³/mol. The maximum Gasteiger partial charge on any atom is 0.240 e. The second kappa shape index (κ2) is 4.40. The van der Waals surface area contributed by atoms with Crippen LogP contribution in [0.15, 0.2) is 41.1 Å². The van der Waals surface area contributed by atoms with E-state index in [2.05, 4.69) is 25.9 Å². The summed E-state index contributed by atoms with van der Waals surface area (Å²) < 4.78 is 6.14. The molecule has 0 fully saturated rings. The maximum absolute atomic E-state index is 5.16. The molecule has 15 heavy (non-hydrogen) atoms. The molecule has 0 N–H and O–H groups in total. The lowest BCUT2D eigenvalue weighted by atomic mass is 10.1. The third kappa shape index (κ3) is 1.99. The highest BCUT2D eigenvalue weighted by Gasteiger charge is 2.10. The first-order valence-electron chi connectivity index (χ1n) is 4.43. The standard InChI is InChI=1S/C11H9BrN2O/c1-15-11-10(13-6-7-14-11)8-4-2-3-5-9(8)12/h2-7H,1H3. The summed E-state index contributed by atoms with van der Waals surface area (Å²) in [4.78, 5) is 8.37. The Morgan fingerprint density at radius 3 is 2.60 bits per heavy atom. The van der Waals surface area contributed by atoms with E-state index in [1.54, 1.807) is 19.5 Å². The van der Waals surface area contributed by atoms with Crippen molar-refractivity contribution in [2.24, 2.45) is 0 Å². The molecule has 0 aliphatic carbocycles. The molecule has 2 aromatic rings. The van der Waals surface area contributed by atoms with Gasteiger partial charge in [-0.25, -0.2) is 9.97 Å². The van der Waals surface area contributed by atoms with Crippen molar-refractivity contribution < 1.29 is 4.74 Å². The van der Waals surface area contributed by atoms with Crippen LogP contribution in [-0.2, 0) is 0 Å². The Morgan fingerprint density at radius 1 is 1.13 bits per heavy atom. The largest absolute Gasteiger partial charge is 0.479 e. The summed E-state index contributed by atoms with van der Waals surface area (Å²) in [7, 11) is 1.59. The summed E-state index contributed by atoms with van der Waals surface area (Å²) in [5.41, 5.74) is 1.72. The Bertz CT molecular complexity index is 474. The van der Waals surface area contributed by atoms with Gasteiger partial charge in [-0.15, -0.1) is 0 Å². The molecule has 0 bridgehead atoms. The molecular weight excluding hydrogens is 256 g/mol. The molecule has 0 aliphatic heterocycles. The highest BCUT2D eigenvalue weighted by molar-refractivity contribution is 9.10. The summed E-state index contributed by atoms with van der Waals surface area (Å²) in [5.74, 6) is 0.532. The minimum absolute atomic E-state index is 0.532. The fraction of sp³-hybridized carbons (Fsp3) is 0.0909. The molecule has 0 unspecified atom stereocenters. The Kier molecular flexibility index (Phi) is 2.97. The monoisotopic (exact) mass is 264 g/mol. The van der Waals surface area contributed by atoms with Crippen molar-refractivity contribution in [3.05, 3.63) is 41.1 Å². The Balaban J connectivity index is 2.59. The maximum atomic E-state index is 5.16. The minimum Gasteiger partial charge on any atom is -0.479 e. The van der Waals surface area contributed by atoms with Crippen molar-refractivity contribution >= 4 is 15.9 Å². The second-order valence-corrected chi connectivity index (χ2v) is 3.75. The smallest absolute Gasteiger partial charge is 0.240 e. The van der Waals surface area contributed by atoms with Crippen molar-refractivity contribution in [2.75, 3.05) is 7.11 Å². The molecule has 0 atom stereocenters. The second-order valence-electron chi connectivity index (χ2n) is 2.89. The zero-order chi connectivity index (χ0) is 10.7. The van der Waals surface area contributed by atoms with Crippen LogP contribution in [0.3, 0.4) is 0 Å². The molecule has 0 saturated heterocycles. The summed E-state index contributed by atoms with van der Waals surface area (Å²) in [5, 5.41) is 0. The van der Waals surface area contributed by atoms with Gasteiger partial charge in [0.1, 0.15) is 5.69 Å². The van der Waals surface area contributed by atoms with Crippen LogP contribution >= 0.6 is 15.9 Å². The van der Waals surface area contributed by atoms with Gasteiger partial charge in [-0.05, 0) is 6.07 Å². The summed E-state index contributed by atoms with van der Waals surface area (Å²) in [6.45, 7) is 0. The lowest BCUT2D eigenvalue weighted by molar-refractivity contribution is 0.397. The van der Waals surface area contributed by atoms with Gasteiger partial charge in [-0.2, -0.15) is 0 Å². The molecule has 2 rings (SSSR count). The topological polar surface area (TPSA) is 35.0 Å². The van der Waals surface area contributed by atoms with E-state index in [-0.39, 0.29) is 0 Å². The van der Waals surface area contributed by atoms with Crippen LogP contribution in [0.2, 0.25) is 0 Å². The van der Waals surface area contributed by atoms with Gasteiger partial charge in [0.05, 0.1) is 7.11 Å². The lowest BCUT2D eigenvalue weighted by Crippen LogP contribution is -1.94. The van der Waals surface area contributed by atoms with Gasteiger partial charge in [0.15, 0.2) is 0 Å². The molecule has 0 spiro atoms. The highest BCUT2D eigenvalue weighted by Crippen LogP contribution is 2.30. The fourth-order valence-electron chi connectivity index (χ4n) is 1.31. The van der Waals surface area contributed by atoms with Crippen LogP contribution < -0.4 is 4.74 Å². The molecule has 0 amide bonds. The summed E-state index contributed by atoms with van der Waals surface area (Å²) >= 11 is 3.47. The number of nitrogens with zero attached hydrogens (tertiary/aromatic N) is 2. The summed E-state index contributed by atoms with van der Waals surface area (Å²) in [6.07, 6.45) is 3.26. The van der Waals surface area contributed by atoms with Crippen LogP contribution in [0.25, 0.3) is 11.3 Å². The van der Waals surface area contributed by atoms with Gasteiger partial charge in [-0.1, -0.05) is 34.1 Å². The van der Waals surface area contributed by atoms with Crippen LogP contribution in [-0.4, -0.2) is 17.1 Å². The van der Waals surface area contributed by atoms with Gasteiger partial charge in [0.2, 0.25) is 5.88 Å². The van der Waals surface area contributed by atoms with Crippen molar-refractivity contribution in [2.45, 2.75) is 0 Å². The molecule has 76 valence electrons. The molecule has 3 nitrogen and oxygen atoms in total. The third-order valence-electron chi connectivity index (χ3n) is 1.99. The average molecular weight is 265 g/mol. The molecule has 1 aromatic carbocycles. The molecule has 1 heterocycles. The number of aromatic nitrogens is 2. The number of hydrogen-bond acceptors (Lipinski definition) is 3. The molecule has 1 aromatic heterocycles. The molecule has 0 radical (unpaired) electrons. The molecule has 0 saturated carbocycles. The van der Waals surface area contributed by atoms with Gasteiger partial charge in [0.25, 0.3) is 0 Å². The number of methoxy groups -OCH3 is 1. The number of hydrogen-bond donors (Lipinski definition) is 0. The van der Waals surface area contributed by atoms with Crippen LogP contribution in [0, 0.1) is 0 Å². The first kappa shape index (κ1) is 10.1. The normalized spacial score (nSPS) is 10.0. The molecule has 4 heteroatoms. The summed E-state index contributed by atoms with van der Waals surface area (Å²) in [6, 6.07) is 7.84. The van der Waals surface area contributed by atoms with E-state index in [0.29, 0.717) is 5.88 Å². The van der Waals surface area contributed by atoms with E-state index in [9.17, 15) is 0 Å². The minimum atomic E-state index is 0.532. The quantitative estimate of drug-likeness (QED) is 0.837. The SMILES string of the molecule is COc1nccnc1-c1ccccc1Br. The van der Waals surface area contributed by atoms with Crippen molar-refractivity contribution in [1.82, 2.24) is 9.97 Å². The van der Waals surface area contributed by atoms with Crippen LogP contribution in [0.5, 0.6) is 5.88 Å². The van der Waals surface area contributed by atoms with Gasteiger partial charge >= 0.3 is 0 Å². The van der Waals surface area contributed by atoms with E-state index in [4.69, 9.17) is 4.74 Å². The Morgan fingerprint density at radius 2 is 1.87 bits per heavy atom. The number of halogens is 1. The van der Waals surface area contributed by atoms with Crippen LogP contribution in [0.4, 0.5) is 0 Å². The van der Waals surface area contributed by atoms with Crippen molar-refractivity contribution in [1.29, 1.82) is 0 Å². The Hall–Kier alpha value is -1.42. The average Bonchev–Trinajstić information content (AvgIpc) is 2.30. The molecular formula is C11H9BrN2O. The third-order valence-corrected chi connectivity index (χ3v) is 2.68. The first-order chi connectivity index (χ1) is 7.33. The lowest BCUT2D eigenvalue weighted by Gasteiger charge is -2.06. The Labute approximate surface area is 96.3 Å². The van der Waals surface area contributed by atoms with E-state index >= 15 is 0 Å². The van der Waals surface area contributed by atoms with E-state index in [1.807, 2.05) is 24.3 Å². The molecule has 0 aliphatic rings. The van der Waals surface area contributed by atoms with Crippen molar-refractivity contribution in [3.63, 3.8) is 0 Å². The number of rotatable bonds is 2. The fourth-order valence-corrected chi connectivity index (χ4v) is 1.79. The van der Waals surface area contributed by atoms with Gasteiger partial charge in [-0.3, -0.25) is 0 Å². The van der Waals surface area contributed by atoms with Gasteiger partial charge in [0, 0.05) is 22.4 Å². The number of benzene rings is 1. The van der Waals surface area contributed by atoms with E-state index in [1.165, 1.54) is 0 Å². The highest BCUT2D eigenvalue weighted by atomic mass is 79.9. The van der Waals surface area contributed by atoms with E-state index < -0.39 is 0 Å².